The maximum atomic E-state index is 12.1. The fourth-order valence-corrected chi connectivity index (χ4v) is 7.78. The van der Waals surface area contributed by atoms with Gasteiger partial charge in [-0.25, -0.2) is 9.36 Å². The van der Waals surface area contributed by atoms with Gasteiger partial charge < -0.3 is 46.8 Å². The van der Waals surface area contributed by atoms with Crippen molar-refractivity contribution >= 4 is 29.8 Å². The standard InChI is InChI=1S/2C20H21N3O2.C13H14O2.C6H9N3O2.C6H8O2.C4H8O2.CH4O.CH3.Pd/c2*1-16(20(24)25-15-18-10-6-3-7-11-18)12-19-14-23(22-21-19)13-17-8-4-2-5-9-17;1-3-7-11(2)13(14)15-10-12-8-5-4-6-9-12;1-4(6(10)11)2-5-3-7-9-8-5;1-3-4-5(2)6(7)8;5-4-2-1-3-6-4;1-2;;/h2*2-11,14,16H,12-13,15H2,1H3;1,4-6,8-9,11H,7,10H2,2H3;3-4H,2H2,1H3,(H,10,11)(H,7,8,9);1,5H,4H2,2H3,(H,7,8);4-5H,1-3H2;2H,1H3;1H3;/q;;;;;;;-1;/t2*16-;11-;4-;5-;;;;/m00000..../s1. The zero-order valence-electron chi connectivity index (χ0n) is 54.3. The second kappa shape index (κ2) is 49.2. The van der Waals surface area contributed by atoms with Gasteiger partial charge in [0.2, 0.25) is 0 Å². The smallest absolute Gasteiger partial charge is 0.309 e. The molecule has 0 bridgehead atoms. The molecule has 22 nitrogen and oxygen atoms in total. The van der Waals surface area contributed by atoms with Gasteiger partial charge in [0.05, 0.1) is 66.0 Å². The second-order valence-electron chi connectivity index (χ2n) is 21.1. The van der Waals surface area contributed by atoms with Gasteiger partial charge in [0.1, 0.15) is 19.8 Å². The number of benzene rings is 5. The van der Waals surface area contributed by atoms with Gasteiger partial charge in [-0.1, -0.05) is 197 Å². The average molecular weight is 1380 g/mol. The first-order valence-electron chi connectivity index (χ1n) is 29.8. The van der Waals surface area contributed by atoms with Gasteiger partial charge in [-0.3, -0.25) is 24.0 Å². The molecule has 1 unspecified atom stereocenters. The van der Waals surface area contributed by atoms with E-state index in [1.54, 1.807) is 30.1 Å². The number of nitrogens with zero attached hydrogens (tertiary/aromatic N) is 8. The Balaban J connectivity index is 0.000000595. The fraction of sp³-hybridized carbons (Fsp3) is 0.352. The number of aliphatic hydroxyl groups is 2. The van der Waals surface area contributed by atoms with E-state index in [4.69, 9.17) is 52.2 Å². The summed E-state index contributed by atoms with van der Waals surface area (Å²) in [4.78, 5) is 56.0. The maximum Gasteiger partial charge on any atom is 0.309 e. The molecule has 1 fully saturated rings. The van der Waals surface area contributed by atoms with Gasteiger partial charge in [0.15, 0.2) is 6.29 Å². The Labute approximate surface area is 565 Å². The SMILES string of the molecule is C#CC[C@H](C)C(=O)O.C#CC[C@H](C)C(=O)OCc1ccccc1.CO.C[C@@H](Cc1cn(Cc2ccccc2)nn1)C(=O)OCc1ccccc1.C[C@@H](Cc1cn(Cc2ccccc2)nn1)C(=O)OCc1ccccc1.C[C@@H](Cc1cn[nH]n1)C(=O)O.OC1CCCO1.[CH3-].[Pd]. The van der Waals surface area contributed by atoms with Crippen LogP contribution in [0.25, 0.3) is 0 Å². The number of terminal acetylenes is 2. The van der Waals surface area contributed by atoms with Crippen molar-refractivity contribution in [1.29, 1.82) is 0 Å². The predicted molar refractivity (Wildman–Crippen MR) is 351 cm³/mol. The normalized spacial score (nSPS) is 12.9. The zero-order valence-corrected chi connectivity index (χ0v) is 55.9. The quantitative estimate of drug-likeness (QED) is 0.0131. The number of aliphatic hydroxyl groups excluding tert-OH is 2. The van der Waals surface area contributed by atoms with Crippen LogP contribution >= 0.6 is 0 Å². The third-order valence-corrected chi connectivity index (χ3v) is 13.0. The summed E-state index contributed by atoms with van der Waals surface area (Å²) in [6.45, 7) is 11.7. The number of H-pyrrole nitrogens is 1. The second-order valence-corrected chi connectivity index (χ2v) is 21.1. The van der Waals surface area contributed by atoms with Gasteiger partial charge in [0, 0.05) is 85.1 Å². The number of rotatable bonds is 23. The van der Waals surface area contributed by atoms with Gasteiger partial charge in [-0.15, -0.1) is 34.9 Å². The van der Waals surface area contributed by atoms with Crippen LogP contribution in [0, 0.1) is 61.7 Å². The summed E-state index contributed by atoms with van der Waals surface area (Å²) >= 11 is 0. The van der Waals surface area contributed by atoms with Crippen molar-refractivity contribution < 1.29 is 83.8 Å². The Morgan fingerprint density at radius 3 is 1.17 bits per heavy atom. The Morgan fingerprint density at radius 1 is 0.543 bits per heavy atom. The summed E-state index contributed by atoms with van der Waals surface area (Å²) in [5.41, 5.74) is 7.54. The third kappa shape index (κ3) is 36.0. The van der Waals surface area contributed by atoms with Gasteiger partial charge in [0.25, 0.3) is 0 Å². The van der Waals surface area contributed by atoms with E-state index in [2.05, 4.69) is 47.9 Å². The van der Waals surface area contributed by atoms with Crippen LogP contribution in [0.2, 0.25) is 0 Å². The summed E-state index contributed by atoms with van der Waals surface area (Å²) in [7, 11) is 1.00. The number of carboxylic acid groups (broad SMARTS) is 2. The fourth-order valence-electron chi connectivity index (χ4n) is 7.78. The molecule has 6 atom stereocenters. The number of nitrogens with one attached hydrogen (secondary N) is 1. The molecule has 0 aliphatic carbocycles. The van der Waals surface area contributed by atoms with E-state index in [9.17, 15) is 24.0 Å². The van der Waals surface area contributed by atoms with Crippen molar-refractivity contribution in [1.82, 2.24) is 45.4 Å². The topological polar surface area (TPSA) is 306 Å². The number of aromatic amines is 1. The van der Waals surface area contributed by atoms with Crippen LogP contribution in [0.5, 0.6) is 0 Å². The molecule has 23 heteroatoms. The molecule has 0 radical (unpaired) electrons. The van der Waals surface area contributed by atoms with E-state index in [0.717, 1.165) is 65.8 Å². The van der Waals surface area contributed by atoms with E-state index >= 15 is 0 Å². The number of ether oxygens (including phenoxy) is 4. The molecule has 5 N–H and O–H groups in total. The van der Waals surface area contributed by atoms with Crippen molar-refractivity contribution in [2.45, 2.75) is 119 Å². The predicted octanol–water partition coefficient (Wildman–Crippen LogP) is 9.86. The molecule has 3 aromatic heterocycles. The molecule has 1 aliphatic heterocycles. The molecule has 0 spiro atoms. The van der Waals surface area contributed by atoms with Gasteiger partial charge in [-0.2, -0.15) is 15.4 Å². The van der Waals surface area contributed by atoms with E-state index < -0.39 is 30.1 Å². The Kier molecular flexibility index (Phi) is 43.2. The number of aliphatic carboxylic acids is 2. The molecule has 4 heterocycles. The first kappa shape index (κ1) is 82.5. The number of carboxylic acids is 2. The van der Waals surface area contributed by atoms with Gasteiger partial charge in [-0.05, 0) is 34.2 Å². The number of aromatic nitrogens is 9. The number of hydrogen-bond acceptors (Lipinski definition) is 17. The largest absolute Gasteiger partial charge is 0.481 e. The van der Waals surface area contributed by atoms with Crippen molar-refractivity contribution in [2.75, 3.05) is 13.7 Å². The van der Waals surface area contributed by atoms with E-state index in [1.165, 1.54) is 6.20 Å². The average Bonchev–Trinajstić information content (AvgIpc) is 1.97. The third-order valence-electron chi connectivity index (χ3n) is 13.0. The molecular weight excluding hydrogens is 1290 g/mol. The molecule has 94 heavy (non-hydrogen) atoms. The minimum atomic E-state index is -0.831. The molecular formula is C71H88N9O13Pd-. The van der Waals surface area contributed by atoms with Crippen LogP contribution in [0.3, 0.4) is 0 Å². The van der Waals surface area contributed by atoms with Crippen molar-refractivity contribution in [2.24, 2.45) is 29.6 Å². The Bertz CT molecular complexity index is 3240. The molecule has 5 aromatic carbocycles. The van der Waals surface area contributed by atoms with Crippen molar-refractivity contribution in [3.63, 3.8) is 0 Å². The zero-order chi connectivity index (χ0) is 67.3. The van der Waals surface area contributed by atoms with Gasteiger partial charge >= 0.3 is 29.8 Å². The van der Waals surface area contributed by atoms with Crippen LogP contribution in [-0.2, 0) is 116 Å². The van der Waals surface area contributed by atoms with Crippen LogP contribution in [0.1, 0.15) is 105 Å². The summed E-state index contributed by atoms with van der Waals surface area (Å²) in [6.07, 6.45) is 18.8. The van der Waals surface area contributed by atoms with Crippen LogP contribution in [0.15, 0.2) is 170 Å². The van der Waals surface area contributed by atoms with Crippen molar-refractivity contribution in [3.05, 3.63) is 223 Å². The monoisotopic (exact) mass is 1380 g/mol. The molecule has 0 amide bonds. The minimum Gasteiger partial charge on any atom is -0.481 e. The van der Waals surface area contributed by atoms with Crippen LogP contribution in [0.4, 0.5) is 0 Å². The number of hydrogen-bond donors (Lipinski definition) is 5. The van der Waals surface area contributed by atoms with Crippen LogP contribution < -0.4 is 0 Å². The Morgan fingerprint density at radius 2 is 0.883 bits per heavy atom. The molecule has 1 aliphatic rings. The minimum absolute atomic E-state index is 0. The summed E-state index contributed by atoms with van der Waals surface area (Å²) < 4.78 is 24.1. The van der Waals surface area contributed by atoms with E-state index in [0.29, 0.717) is 70.7 Å². The number of carbonyl (C=O) groups excluding carboxylic acids is 3. The molecule has 8 aromatic rings. The van der Waals surface area contributed by atoms with Crippen LogP contribution in [-0.4, -0.2) is 116 Å². The van der Waals surface area contributed by atoms with Crippen molar-refractivity contribution in [3.8, 4) is 24.7 Å². The first-order chi connectivity index (χ1) is 44.4. The van der Waals surface area contributed by atoms with E-state index in [1.807, 2.05) is 178 Å². The molecule has 9 rings (SSSR count). The Hall–Kier alpha value is -9.47. The summed E-state index contributed by atoms with van der Waals surface area (Å²) in [6, 6.07) is 49.1. The summed E-state index contributed by atoms with van der Waals surface area (Å²) in [5, 5.41) is 58.6. The number of carbonyl (C=O) groups is 5. The summed E-state index contributed by atoms with van der Waals surface area (Å²) in [5.74, 6) is 0.844. The number of esters is 3. The molecule has 506 valence electrons. The molecule has 1 saturated heterocycles. The first-order valence-corrected chi connectivity index (χ1v) is 29.8. The maximum absolute atomic E-state index is 12.1. The van der Waals surface area contributed by atoms with E-state index in [-0.39, 0.29) is 63.5 Å². The molecule has 0 saturated carbocycles.